The number of rotatable bonds is 1. The van der Waals surface area contributed by atoms with Gasteiger partial charge in [-0.15, -0.1) is 24.8 Å². The minimum atomic E-state index is 0. The molecule has 2 heterocycles. The number of nitrogens with zero attached hydrogens (tertiary/aromatic N) is 3. The Morgan fingerprint density at radius 3 is 2.71 bits per heavy atom. The molecule has 1 aromatic rings. The molecule has 0 bridgehead atoms. The molecule has 0 spiro atoms. The fraction of sp³-hybridized carbons (Fsp3) is 0.455. The number of anilines is 1. The van der Waals surface area contributed by atoms with Gasteiger partial charge in [0.05, 0.1) is 5.56 Å². The quantitative estimate of drug-likeness (QED) is 0.845. The van der Waals surface area contributed by atoms with Gasteiger partial charge in [-0.3, -0.25) is 0 Å². The van der Waals surface area contributed by atoms with Crippen molar-refractivity contribution in [3.8, 4) is 6.07 Å². The molecule has 17 heavy (non-hydrogen) atoms. The first-order chi connectivity index (χ1) is 7.40. The van der Waals surface area contributed by atoms with E-state index in [4.69, 9.17) is 5.26 Å². The van der Waals surface area contributed by atoms with Gasteiger partial charge in [-0.05, 0) is 25.1 Å². The first kappa shape index (κ1) is 16.0. The third-order valence-corrected chi connectivity index (χ3v) is 2.54. The lowest BCUT2D eigenvalue weighted by Crippen LogP contribution is -2.28. The van der Waals surface area contributed by atoms with Crippen LogP contribution >= 0.6 is 24.8 Å². The zero-order valence-corrected chi connectivity index (χ0v) is 11.1. The maximum absolute atomic E-state index is 8.67. The monoisotopic (exact) mass is 274 g/mol. The summed E-state index contributed by atoms with van der Waals surface area (Å²) in [7, 11) is 0. The molecular weight excluding hydrogens is 259 g/mol. The Morgan fingerprint density at radius 1 is 1.24 bits per heavy atom. The number of nitriles is 1. The molecule has 1 aliphatic rings. The molecule has 1 N–H and O–H groups in total. The average Bonchev–Trinajstić information content (AvgIpc) is 2.58. The lowest BCUT2D eigenvalue weighted by molar-refractivity contribution is 0.724. The van der Waals surface area contributed by atoms with Crippen molar-refractivity contribution in [2.24, 2.45) is 0 Å². The van der Waals surface area contributed by atoms with Crippen molar-refractivity contribution >= 4 is 30.6 Å². The number of hydrogen-bond acceptors (Lipinski definition) is 4. The molecule has 1 aliphatic heterocycles. The number of hydrogen-bond donors (Lipinski definition) is 1. The summed E-state index contributed by atoms with van der Waals surface area (Å²) in [6, 6.07) is 5.82. The van der Waals surface area contributed by atoms with Crippen LogP contribution in [0.3, 0.4) is 0 Å². The van der Waals surface area contributed by atoms with Gasteiger partial charge in [-0.25, -0.2) is 4.98 Å². The predicted octanol–water partition coefficient (Wildman–Crippen LogP) is 1.60. The van der Waals surface area contributed by atoms with Crippen LogP contribution < -0.4 is 10.2 Å². The fourth-order valence-electron chi connectivity index (χ4n) is 1.71. The van der Waals surface area contributed by atoms with E-state index in [0.717, 1.165) is 38.4 Å². The highest BCUT2D eigenvalue weighted by Crippen LogP contribution is 2.11. The van der Waals surface area contributed by atoms with Crippen LogP contribution in [0.4, 0.5) is 5.82 Å². The summed E-state index contributed by atoms with van der Waals surface area (Å²) in [5, 5.41) is 12.0. The van der Waals surface area contributed by atoms with E-state index in [1.807, 2.05) is 12.1 Å². The van der Waals surface area contributed by atoms with Gasteiger partial charge in [0.25, 0.3) is 0 Å². The van der Waals surface area contributed by atoms with Crippen LogP contribution in [0, 0.1) is 11.3 Å². The van der Waals surface area contributed by atoms with Crippen LogP contribution in [0.5, 0.6) is 0 Å². The van der Waals surface area contributed by atoms with Crippen molar-refractivity contribution in [2.75, 3.05) is 31.1 Å². The molecular formula is C11H16Cl2N4. The van der Waals surface area contributed by atoms with Gasteiger partial charge >= 0.3 is 0 Å². The summed E-state index contributed by atoms with van der Waals surface area (Å²) in [4.78, 5) is 6.54. The van der Waals surface area contributed by atoms with Crippen LogP contribution in [0.25, 0.3) is 0 Å². The van der Waals surface area contributed by atoms with E-state index in [2.05, 4.69) is 21.3 Å². The van der Waals surface area contributed by atoms with Crippen molar-refractivity contribution in [1.29, 1.82) is 5.26 Å². The van der Waals surface area contributed by atoms with E-state index in [0.29, 0.717) is 5.56 Å². The first-order valence-corrected chi connectivity index (χ1v) is 5.22. The van der Waals surface area contributed by atoms with Crippen LogP contribution in [-0.4, -0.2) is 31.2 Å². The first-order valence-electron chi connectivity index (χ1n) is 5.22. The normalized spacial score (nSPS) is 14.9. The third-order valence-electron chi connectivity index (χ3n) is 2.54. The summed E-state index contributed by atoms with van der Waals surface area (Å²) in [6.07, 6.45) is 2.77. The Hall–Kier alpha value is -1.02. The van der Waals surface area contributed by atoms with Gasteiger partial charge in [0.1, 0.15) is 11.9 Å². The van der Waals surface area contributed by atoms with Gasteiger partial charge in [0.2, 0.25) is 0 Å². The zero-order chi connectivity index (χ0) is 10.5. The van der Waals surface area contributed by atoms with Crippen molar-refractivity contribution in [2.45, 2.75) is 6.42 Å². The Labute approximate surface area is 114 Å². The minimum Gasteiger partial charge on any atom is -0.355 e. The van der Waals surface area contributed by atoms with Gasteiger partial charge in [0.15, 0.2) is 0 Å². The molecule has 0 unspecified atom stereocenters. The molecule has 1 saturated heterocycles. The maximum Gasteiger partial charge on any atom is 0.128 e. The summed E-state index contributed by atoms with van der Waals surface area (Å²) < 4.78 is 0. The van der Waals surface area contributed by atoms with E-state index in [1.165, 1.54) is 0 Å². The second-order valence-corrected chi connectivity index (χ2v) is 3.61. The number of nitrogens with one attached hydrogen (secondary N) is 1. The Morgan fingerprint density at radius 2 is 2.06 bits per heavy atom. The lowest BCUT2D eigenvalue weighted by atomic mass is 10.3. The van der Waals surface area contributed by atoms with Gasteiger partial charge in [0, 0.05) is 25.8 Å². The van der Waals surface area contributed by atoms with Crippen LogP contribution in [0.1, 0.15) is 12.0 Å². The standard InChI is InChI=1S/C11H14N4.2ClH/c12-8-10-2-3-11(14-9-10)15-6-1-4-13-5-7-15;;/h2-3,9,13H,1,4-7H2;2*1H. The third kappa shape index (κ3) is 4.39. The molecule has 4 nitrogen and oxygen atoms in total. The van der Waals surface area contributed by atoms with E-state index in [1.54, 1.807) is 6.20 Å². The molecule has 94 valence electrons. The smallest absolute Gasteiger partial charge is 0.128 e. The number of pyridine rings is 1. The highest BCUT2D eigenvalue weighted by Gasteiger charge is 2.09. The second-order valence-electron chi connectivity index (χ2n) is 3.61. The summed E-state index contributed by atoms with van der Waals surface area (Å²) >= 11 is 0. The highest BCUT2D eigenvalue weighted by atomic mass is 35.5. The van der Waals surface area contributed by atoms with Crippen molar-refractivity contribution in [1.82, 2.24) is 10.3 Å². The molecule has 0 radical (unpaired) electrons. The van der Waals surface area contributed by atoms with Crippen molar-refractivity contribution < 1.29 is 0 Å². The fourth-order valence-corrected chi connectivity index (χ4v) is 1.71. The zero-order valence-electron chi connectivity index (χ0n) is 9.43. The summed E-state index contributed by atoms with van der Waals surface area (Å²) in [6.45, 7) is 4.10. The minimum absolute atomic E-state index is 0. The van der Waals surface area contributed by atoms with E-state index < -0.39 is 0 Å². The molecule has 0 saturated carbocycles. The highest BCUT2D eigenvalue weighted by molar-refractivity contribution is 5.85. The topological polar surface area (TPSA) is 52.0 Å². The van der Waals surface area contributed by atoms with Crippen LogP contribution in [0.2, 0.25) is 0 Å². The van der Waals surface area contributed by atoms with Gasteiger partial charge in [-0.2, -0.15) is 5.26 Å². The van der Waals surface area contributed by atoms with Crippen molar-refractivity contribution in [3.63, 3.8) is 0 Å². The Bertz CT molecular complexity index is 353. The van der Waals surface area contributed by atoms with Crippen LogP contribution in [0.15, 0.2) is 18.3 Å². The molecule has 2 rings (SSSR count). The second kappa shape index (κ2) is 8.13. The lowest BCUT2D eigenvalue weighted by Gasteiger charge is -2.20. The maximum atomic E-state index is 8.67. The van der Waals surface area contributed by atoms with Gasteiger partial charge in [-0.1, -0.05) is 0 Å². The molecule has 0 aliphatic carbocycles. The van der Waals surface area contributed by atoms with Crippen molar-refractivity contribution in [3.05, 3.63) is 23.9 Å². The SMILES string of the molecule is Cl.Cl.N#Cc1ccc(N2CCCNCC2)nc1. The molecule has 1 fully saturated rings. The number of halogens is 2. The average molecular weight is 275 g/mol. The molecule has 6 heteroatoms. The largest absolute Gasteiger partial charge is 0.355 e. The Balaban J connectivity index is 0.00000128. The van der Waals surface area contributed by atoms with E-state index in [-0.39, 0.29) is 24.8 Å². The summed E-state index contributed by atoms with van der Waals surface area (Å²) in [5.74, 6) is 0.970. The number of aromatic nitrogens is 1. The molecule has 0 amide bonds. The Kier molecular flexibility index (Phi) is 7.64. The molecule has 0 aromatic carbocycles. The molecule has 0 atom stereocenters. The predicted molar refractivity (Wildman–Crippen MR) is 73.1 cm³/mol. The van der Waals surface area contributed by atoms with E-state index >= 15 is 0 Å². The molecule has 1 aromatic heterocycles. The summed E-state index contributed by atoms with van der Waals surface area (Å²) in [5.41, 5.74) is 0.617. The van der Waals surface area contributed by atoms with E-state index in [9.17, 15) is 0 Å². The van der Waals surface area contributed by atoms with Crippen LogP contribution in [-0.2, 0) is 0 Å². The van der Waals surface area contributed by atoms with Gasteiger partial charge < -0.3 is 10.2 Å².